The number of hydrogen-bond donors (Lipinski definition) is 3. The van der Waals surface area contributed by atoms with Gasteiger partial charge >= 0.3 is 5.97 Å². The van der Waals surface area contributed by atoms with E-state index in [1.165, 1.54) is 6.92 Å². The van der Waals surface area contributed by atoms with Crippen LogP contribution in [0.4, 0.5) is 5.95 Å². The van der Waals surface area contributed by atoms with Gasteiger partial charge in [-0.1, -0.05) is 35.4 Å². The molecule has 23 heavy (non-hydrogen) atoms. The molecule has 0 aliphatic rings. The summed E-state index contributed by atoms with van der Waals surface area (Å²) < 4.78 is 0. The molecule has 0 spiro atoms. The lowest BCUT2D eigenvalue weighted by atomic mass is 9.97. The van der Waals surface area contributed by atoms with Gasteiger partial charge in [0.2, 0.25) is 5.91 Å². The summed E-state index contributed by atoms with van der Waals surface area (Å²) in [5.41, 5.74) is 1.02. The summed E-state index contributed by atoms with van der Waals surface area (Å²) in [6.45, 7) is 1.42. The minimum absolute atomic E-state index is 0.0194. The third kappa shape index (κ3) is 4.52. The summed E-state index contributed by atoms with van der Waals surface area (Å²) in [6.07, 6.45) is 0.219. The Morgan fingerprint density at radius 2 is 2.04 bits per heavy atom. The van der Waals surface area contributed by atoms with Crippen LogP contribution in [-0.4, -0.2) is 42.9 Å². The van der Waals surface area contributed by atoms with Crippen molar-refractivity contribution in [3.8, 4) is 0 Å². The Morgan fingerprint density at radius 1 is 1.35 bits per heavy atom. The minimum atomic E-state index is -1.08. The van der Waals surface area contributed by atoms with Crippen LogP contribution in [0.3, 0.4) is 0 Å². The topological polar surface area (TPSA) is 110 Å². The molecule has 0 saturated carbocycles. The second-order valence-corrected chi connectivity index (χ2v) is 5.36. The van der Waals surface area contributed by atoms with Gasteiger partial charge in [0, 0.05) is 12.3 Å². The van der Waals surface area contributed by atoms with Gasteiger partial charge in [0.25, 0.3) is 5.95 Å². The monoisotopic (exact) mass is 335 g/mol. The normalized spacial score (nSPS) is 13.3. The van der Waals surface area contributed by atoms with Gasteiger partial charge in [-0.15, -0.1) is 9.90 Å². The number of anilines is 1. The summed E-state index contributed by atoms with van der Waals surface area (Å²) in [7, 11) is 0. The predicted octanol–water partition coefficient (Wildman–Crippen LogP) is 1.36. The van der Waals surface area contributed by atoms with Crippen LogP contribution in [0, 0.1) is 0 Å². The largest absolute Gasteiger partial charge is 0.480 e. The maximum absolute atomic E-state index is 12.1. The molecule has 9 heteroatoms. The Morgan fingerprint density at radius 3 is 2.65 bits per heavy atom. The molecule has 2 N–H and O–H groups in total. The lowest BCUT2D eigenvalue weighted by Gasteiger charge is -2.13. The van der Waals surface area contributed by atoms with Crippen molar-refractivity contribution in [2.45, 2.75) is 25.3 Å². The first-order valence-electron chi connectivity index (χ1n) is 6.99. The number of nitrogens with zero attached hydrogens (tertiary/aromatic N) is 4. The fraction of sp³-hybridized carbons (Fsp3) is 0.357. The number of carboxylic acids is 1. The number of aromatic nitrogens is 4. The van der Waals surface area contributed by atoms with Crippen LogP contribution in [0.5, 0.6) is 0 Å². The quantitative estimate of drug-likeness (QED) is 0.659. The second kappa shape index (κ2) is 7.73. The number of carbonyl (C=O) groups excluding carboxylic acids is 1. The molecule has 0 aliphatic carbocycles. The Bertz CT molecular complexity index is 676. The standard InChI is InChI=1S/C14H17N5O3S/c1-9(13(21)22)19-17-14(16-18-19)15-12(20)7-11(8-23)10-5-3-2-4-6-10/h2-6,9,11,23H,7-8H2,1H3,(H,21,22)(H,15,17,20)/t9?,11-/m1/s1. The zero-order valence-corrected chi connectivity index (χ0v) is 13.3. The van der Waals surface area contributed by atoms with Gasteiger partial charge in [-0.25, -0.2) is 4.79 Å². The van der Waals surface area contributed by atoms with Gasteiger partial charge in [-0.3, -0.25) is 10.1 Å². The van der Waals surface area contributed by atoms with E-state index in [2.05, 4.69) is 33.4 Å². The summed E-state index contributed by atoms with van der Waals surface area (Å²) >= 11 is 4.29. The van der Waals surface area contributed by atoms with Gasteiger partial charge < -0.3 is 5.11 Å². The molecule has 1 aromatic carbocycles. The van der Waals surface area contributed by atoms with E-state index in [4.69, 9.17) is 5.11 Å². The molecule has 8 nitrogen and oxygen atoms in total. The zero-order chi connectivity index (χ0) is 16.8. The maximum Gasteiger partial charge on any atom is 0.330 e. The molecule has 1 amide bonds. The molecular weight excluding hydrogens is 318 g/mol. The zero-order valence-electron chi connectivity index (χ0n) is 12.5. The maximum atomic E-state index is 12.1. The van der Waals surface area contributed by atoms with Crippen LogP contribution in [0.2, 0.25) is 0 Å². The lowest BCUT2D eigenvalue weighted by Crippen LogP contribution is -2.19. The fourth-order valence-corrected chi connectivity index (χ4v) is 2.29. The van der Waals surface area contributed by atoms with Crippen LogP contribution in [0.15, 0.2) is 30.3 Å². The highest BCUT2D eigenvalue weighted by Gasteiger charge is 2.19. The minimum Gasteiger partial charge on any atom is -0.480 e. The van der Waals surface area contributed by atoms with E-state index in [0.717, 1.165) is 10.4 Å². The third-order valence-corrected chi connectivity index (χ3v) is 3.75. The van der Waals surface area contributed by atoms with E-state index in [1.54, 1.807) is 0 Å². The van der Waals surface area contributed by atoms with Crippen molar-refractivity contribution in [1.82, 2.24) is 20.2 Å². The SMILES string of the molecule is CC(C(=O)O)n1nnc(NC(=O)C[C@H](CS)c2ccccc2)n1. The highest BCUT2D eigenvalue weighted by Crippen LogP contribution is 2.21. The van der Waals surface area contributed by atoms with E-state index < -0.39 is 12.0 Å². The highest BCUT2D eigenvalue weighted by atomic mass is 32.1. The molecule has 0 fully saturated rings. The molecule has 1 aromatic heterocycles. The number of benzene rings is 1. The molecule has 2 atom stereocenters. The summed E-state index contributed by atoms with van der Waals surface area (Å²) in [6, 6.07) is 8.65. The molecular formula is C14H17N5O3S. The third-order valence-electron chi connectivity index (χ3n) is 3.31. The number of nitrogens with one attached hydrogen (secondary N) is 1. The number of rotatable bonds is 7. The van der Waals surface area contributed by atoms with Crippen molar-refractivity contribution < 1.29 is 14.7 Å². The van der Waals surface area contributed by atoms with E-state index >= 15 is 0 Å². The average molecular weight is 335 g/mol. The van der Waals surface area contributed by atoms with Crippen molar-refractivity contribution in [1.29, 1.82) is 0 Å². The molecule has 2 aromatic rings. The Hall–Kier alpha value is -2.42. The summed E-state index contributed by atoms with van der Waals surface area (Å²) in [4.78, 5) is 23.9. The molecule has 0 bridgehead atoms. The van der Waals surface area contributed by atoms with Crippen LogP contribution < -0.4 is 5.32 Å². The van der Waals surface area contributed by atoms with Crippen molar-refractivity contribution in [3.05, 3.63) is 35.9 Å². The van der Waals surface area contributed by atoms with E-state index in [-0.39, 0.29) is 24.2 Å². The lowest BCUT2D eigenvalue weighted by molar-refractivity contribution is -0.141. The first kappa shape index (κ1) is 16.9. The van der Waals surface area contributed by atoms with Crippen molar-refractivity contribution in [2.75, 3.05) is 11.1 Å². The van der Waals surface area contributed by atoms with Gasteiger partial charge in [-0.05, 0) is 23.5 Å². The Kier molecular flexibility index (Phi) is 5.69. The molecule has 122 valence electrons. The van der Waals surface area contributed by atoms with Gasteiger partial charge in [0.05, 0.1) is 0 Å². The van der Waals surface area contributed by atoms with Gasteiger partial charge in [0.1, 0.15) is 0 Å². The van der Waals surface area contributed by atoms with Crippen LogP contribution in [0.25, 0.3) is 0 Å². The number of carbonyl (C=O) groups is 2. The fourth-order valence-electron chi connectivity index (χ4n) is 1.95. The molecule has 0 radical (unpaired) electrons. The summed E-state index contributed by atoms with van der Waals surface area (Å²) in [5, 5.41) is 22.5. The number of aliphatic carboxylic acids is 1. The number of carboxylic acid groups (broad SMARTS) is 1. The van der Waals surface area contributed by atoms with Crippen molar-refractivity contribution in [3.63, 3.8) is 0 Å². The molecule has 1 heterocycles. The van der Waals surface area contributed by atoms with Gasteiger partial charge in [0.15, 0.2) is 6.04 Å². The smallest absolute Gasteiger partial charge is 0.330 e. The second-order valence-electron chi connectivity index (χ2n) is 4.99. The summed E-state index contributed by atoms with van der Waals surface area (Å²) in [5.74, 6) is -0.898. The van der Waals surface area contributed by atoms with Gasteiger partial charge in [-0.2, -0.15) is 12.6 Å². The highest BCUT2D eigenvalue weighted by molar-refractivity contribution is 7.80. The number of thiol groups is 1. The molecule has 2 rings (SSSR count). The number of amides is 1. The first-order chi connectivity index (χ1) is 11.0. The van der Waals surface area contributed by atoms with Crippen molar-refractivity contribution >= 4 is 30.5 Å². The Balaban J connectivity index is 1.98. The van der Waals surface area contributed by atoms with Crippen LogP contribution in [-0.2, 0) is 9.59 Å². The number of tetrazole rings is 1. The van der Waals surface area contributed by atoms with E-state index in [0.29, 0.717) is 5.75 Å². The molecule has 0 aliphatic heterocycles. The van der Waals surface area contributed by atoms with Crippen LogP contribution >= 0.6 is 12.6 Å². The predicted molar refractivity (Wildman–Crippen MR) is 86.4 cm³/mol. The molecule has 0 saturated heterocycles. The average Bonchev–Trinajstić information content (AvgIpc) is 3.00. The first-order valence-corrected chi connectivity index (χ1v) is 7.62. The number of hydrogen-bond acceptors (Lipinski definition) is 6. The van der Waals surface area contributed by atoms with E-state index in [1.807, 2.05) is 30.3 Å². The van der Waals surface area contributed by atoms with Crippen molar-refractivity contribution in [2.24, 2.45) is 0 Å². The van der Waals surface area contributed by atoms with Crippen LogP contribution in [0.1, 0.15) is 30.9 Å². The van der Waals surface area contributed by atoms with E-state index in [9.17, 15) is 9.59 Å². The molecule has 1 unspecified atom stereocenters. The Labute approximate surface area is 138 Å².